The Hall–Kier alpha value is -2.38. The number of rotatable bonds is 3. The highest BCUT2D eigenvalue weighted by molar-refractivity contribution is 5.40. The Labute approximate surface area is 111 Å². The van der Waals surface area contributed by atoms with Crippen LogP contribution in [0.15, 0.2) is 42.7 Å². The van der Waals surface area contributed by atoms with Crippen LogP contribution in [0.5, 0.6) is 5.75 Å². The molecule has 19 heavy (non-hydrogen) atoms. The summed E-state index contributed by atoms with van der Waals surface area (Å²) in [4.78, 5) is 3.98. The van der Waals surface area contributed by atoms with E-state index in [1.165, 1.54) is 12.1 Å². The molecule has 0 amide bonds. The third-order valence-electron chi connectivity index (χ3n) is 2.33. The molecule has 0 fully saturated rings. The van der Waals surface area contributed by atoms with Crippen molar-refractivity contribution in [1.82, 2.24) is 4.98 Å². The summed E-state index contributed by atoms with van der Waals surface area (Å²) < 4.78 is 18.9. The van der Waals surface area contributed by atoms with Crippen LogP contribution in [-0.4, -0.2) is 11.5 Å². The Morgan fingerprint density at radius 2 is 2.21 bits per heavy atom. The molecule has 4 heteroatoms. The average molecular weight is 256 g/mol. The number of hydrogen-bond acceptors (Lipinski definition) is 3. The molecule has 3 nitrogen and oxygen atoms in total. The number of ether oxygens (including phenoxy) is 1. The zero-order valence-corrected chi connectivity index (χ0v) is 10.3. The van der Waals surface area contributed by atoms with Gasteiger partial charge in [-0.25, -0.2) is 4.39 Å². The largest absolute Gasteiger partial charge is 0.489 e. The molecule has 2 aromatic rings. The third kappa shape index (κ3) is 4.09. The Bertz CT molecular complexity index is 603. The van der Waals surface area contributed by atoms with Gasteiger partial charge in [-0.3, -0.25) is 4.98 Å². The van der Waals surface area contributed by atoms with E-state index in [0.29, 0.717) is 17.9 Å². The van der Waals surface area contributed by atoms with E-state index >= 15 is 0 Å². The molecule has 1 aromatic heterocycles. The van der Waals surface area contributed by atoms with Crippen molar-refractivity contribution in [3.63, 3.8) is 0 Å². The molecule has 2 rings (SSSR count). The lowest BCUT2D eigenvalue weighted by atomic mass is 10.2. The van der Waals surface area contributed by atoms with Crippen LogP contribution >= 0.6 is 0 Å². The van der Waals surface area contributed by atoms with Crippen molar-refractivity contribution in [3.05, 3.63) is 59.7 Å². The number of nitrogens with zero attached hydrogens (tertiary/aromatic N) is 1. The van der Waals surface area contributed by atoms with Crippen molar-refractivity contribution in [1.29, 1.82) is 0 Å². The summed E-state index contributed by atoms with van der Waals surface area (Å²) in [6.07, 6.45) is 3.39. The van der Waals surface area contributed by atoms with E-state index in [0.717, 1.165) is 5.56 Å². The highest BCUT2D eigenvalue weighted by Crippen LogP contribution is 2.17. The summed E-state index contributed by atoms with van der Waals surface area (Å²) in [5, 5.41) is 0. The molecular formula is C15H13FN2O. The molecule has 0 saturated carbocycles. The monoisotopic (exact) mass is 256 g/mol. The number of pyridine rings is 1. The standard InChI is InChI=1S/C15H13FN2O/c16-14-7-12(3-1-5-17)8-15(9-14)19-11-13-4-2-6-18-10-13/h2,4,6-10H,5,11,17H2. The van der Waals surface area contributed by atoms with Gasteiger partial charge in [0, 0.05) is 29.6 Å². The topological polar surface area (TPSA) is 48.1 Å². The molecule has 0 bridgehead atoms. The van der Waals surface area contributed by atoms with Crippen LogP contribution in [0.4, 0.5) is 4.39 Å². The summed E-state index contributed by atoms with van der Waals surface area (Å²) in [7, 11) is 0. The van der Waals surface area contributed by atoms with Gasteiger partial charge >= 0.3 is 0 Å². The average Bonchev–Trinajstić information content (AvgIpc) is 2.43. The van der Waals surface area contributed by atoms with Crippen LogP contribution in [0, 0.1) is 17.7 Å². The van der Waals surface area contributed by atoms with Gasteiger partial charge in [0.2, 0.25) is 0 Å². The fourth-order valence-corrected chi connectivity index (χ4v) is 1.52. The lowest BCUT2D eigenvalue weighted by Crippen LogP contribution is -1.97. The third-order valence-corrected chi connectivity index (χ3v) is 2.33. The molecule has 1 heterocycles. The van der Waals surface area contributed by atoms with Crippen LogP contribution in [0.2, 0.25) is 0 Å². The Balaban J connectivity index is 2.10. The predicted octanol–water partition coefficient (Wildman–Crippen LogP) is 2.11. The molecule has 0 atom stereocenters. The Kier molecular flexibility index (Phi) is 4.49. The molecular weight excluding hydrogens is 243 g/mol. The van der Waals surface area contributed by atoms with Gasteiger partial charge in [-0.05, 0) is 18.2 Å². The zero-order valence-electron chi connectivity index (χ0n) is 10.3. The maximum absolute atomic E-state index is 13.4. The number of nitrogens with two attached hydrogens (primary N) is 1. The summed E-state index contributed by atoms with van der Waals surface area (Å²) >= 11 is 0. The van der Waals surface area contributed by atoms with E-state index in [1.54, 1.807) is 18.5 Å². The van der Waals surface area contributed by atoms with Gasteiger partial charge in [0.25, 0.3) is 0 Å². The van der Waals surface area contributed by atoms with Crippen LogP contribution in [-0.2, 0) is 6.61 Å². The minimum Gasteiger partial charge on any atom is -0.489 e. The molecule has 0 spiro atoms. The van der Waals surface area contributed by atoms with Crippen molar-refractivity contribution in [2.75, 3.05) is 6.54 Å². The van der Waals surface area contributed by atoms with Crippen LogP contribution in [0.3, 0.4) is 0 Å². The van der Waals surface area contributed by atoms with Crippen molar-refractivity contribution in [2.45, 2.75) is 6.61 Å². The van der Waals surface area contributed by atoms with Gasteiger partial charge in [-0.1, -0.05) is 17.9 Å². The molecule has 0 saturated heterocycles. The molecule has 0 aliphatic rings. The van der Waals surface area contributed by atoms with E-state index in [-0.39, 0.29) is 12.4 Å². The van der Waals surface area contributed by atoms with Gasteiger partial charge in [-0.2, -0.15) is 0 Å². The lowest BCUT2D eigenvalue weighted by Gasteiger charge is -2.06. The van der Waals surface area contributed by atoms with Gasteiger partial charge in [-0.15, -0.1) is 0 Å². The second-order valence-corrected chi connectivity index (χ2v) is 3.83. The fraction of sp³-hybridized carbons (Fsp3) is 0.133. The number of hydrogen-bond donors (Lipinski definition) is 1. The van der Waals surface area contributed by atoms with Gasteiger partial charge in [0.05, 0.1) is 6.54 Å². The first kappa shape index (κ1) is 13.1. The number of benzene rings is 1. The van der Waals surface area contributed by atoms with Crippen molar-refractivity contribution >= 4 is 0 Å². The molecule has 1 aromatic carbocycles. The van der Waals surface area contributed by atoms with E-state index in [9.17, 15) is 4.39 Å². The first-order valence-electron chi connectivity index (χ1n) is 5.79. The van der Waals surface area contributed by atoms with Crippen molar-refractivity contribution < 1.29 is 9.13 Å². The molecule has 0 aliphatic heterocycles. The molecule has 96 valence electrons. The smallest absolute Gasteiger partial charge is 0.128 e. The first-order chi connectivity index (χ1) is 9.28. The van der Waals surface area contributed by atoms with Gasteiger partial charge in [0.15, 0.2) is 0 Å². The summed E-state index contributed by atoms with van der Waals surface area (Å²) in [5.41, 5.74) is 6.75. The van der Waals surface area contributed by atoms with Crippen LogP contribution in [0.25, 0.3) is 0 Å². The van der Waals surface area contributed by atoms with Gasteiger partial charge < -0.3 is 10.5 Å². The maximum Gasteiger partial charge on any atom is 0.128 e. The molecule has 0 radical (unpaired) electrons. The van der Waals surface area contributed by atoms with E-state index in [4.69, 9.17) is 10.5 Å². The fourth-order valence-electron chi connectivity index (χ4n) is 1.52. The zero-order chi connectivity index (χ0) is 13.5. The van der Waals surface area contributed by atoms with Crippen LogP contribution in [0.1, 0.15) is 11.1 Å². The van der Waals surface area contributed by atoms with E-state index < -0.39 is 0 Å². The highest BCUT2D eigenvalue weighted by atomic mass is 19.1. The van der Waals surface area contributed by atoms with E-state index in [2.05, 4.69) is 16.8 Å². The first-order valence-corrected chi connectivity index (χ1v) is 5.79. The predicted molar refractivity (Wildman–Crippen MR) is 70.9 cm³/mol. The number of aromatic nitrogens is 1. The minimum absolute atomic E-state index is 0.238. The van der Waals surface area contributed by atoms with Crippen molar-refractivity contribution in [3.8, 4) is 17.6 Å². The Morgan fingerprint density at radius 1 is 1.32 bits per heavy atom. The summed E-state index contributed by atoms with van der Waals surface area (Å²) in [6, 6.07) is 8.07. The second kappa shape index (κ2) is 6.53. The highest BCUT2D eigenvalue weighted by Gasteiger charge is 2.01. The number of halogens is 1. The quantitative estimate of drug-likeness (QED) is 0.856. The van der Waals surface area contributed by atoms with Gasteiger partial charge in [0.1, 0.15) is 18.2 Å². The Morgan fingerprint density at radius 3 is 2.95 bits per heavy atom. The normalized spacial score (nSPS) is 9.58. The van der Waals surface area contributed by atoms with Crippen LogP contribution < -0.4 is 10.5 Å². The molecule has 2 N–H and O–H groups in total. The lowest BCUT2D eigenvalue weighted by molar-refractivity contribution is 0.304. The molecule has 0 aliphatic carbocycles. The minimum atomic E-state index is -0.384. The summed E-state index contributed by atoms with van der Waals surface area (Å²) in [6.45, 7) is 0.573. The second-order valence-electron chi connectivity index (χ2n) is 3.83. The van der Waals surface area contributed by atoms with Crippen molar-refractivity contribution in [2.24, 2.45) is 5.73 Å². The SMILES string of the molecule is NCC#Cc1cc(F)cc(OCc2cccnc2)c1. The summed E-state index contributed by atoms with van der Waals surface area (Å²) in [5.74, 6) is 5.51. The molecule has 0 unspecified atom stereocenters. The van der Waals surface area contributed by atoms with E-state index in [1.807, 2.05) is 12.1 Å². The maximum atomic E-state index is 13.4.